The van der Waals surface area contributed by atoms with E-state index in [1.54, 1.807) is 6.07 Å². The van der Waals surface area contributed by atoms with Gasteiger partial charge in [0.25, 0.3) is 5.91 Å². The first-order valence-corrected chi connectivity index (χ1v) is 5.92. The first kappa shape index (κ1) is 12.1. The molecule has 17 heavy (non-hydrogen) atoms. The predicted molar refractivity (Wildman–Crippen MR) is 70.4 cm³/mol. The van der Waals surface area contributed by atoms with E-state index in [-0.39, 0.29) is 5.91 Å². The van der Waals surface area contributed by atoms with Crippen molar-refractivity contribution in [1.82, 2.24) is 5.32 Å². The molecule has 1 aromatic carbocycles. The van der Waals surface area contributed by atoms with Gasteiger partial charge in [-0.3, -0.25) is 4.79 Å². The van der Waals surface area contributed by atoms with Crippen LogP contribution in [0.25, 0.3) is 0 Å². The number of nitrogens with one attached hydrogen (secondary N) is 2. The lowest BCUT2D eigenvalue weighted by Gasteiger charge is -2.21. The van der Waals surface area contributed by atoms with Gasteiger partial charge in [-0.25, -0.2) is 0 Å². The summed E-state index contributed by atoms with van der Waals surface area (Å²) in [6.07, 6.45) is 0. The lowest BCUT2D eigenvalue weighted by atomic mass is 10.0. The zero-order chi connectivity index (χ0) is 12.4. The molecule has 0 unspecified atom stereocenters. The molecule has 1 amide bonds. The van der Waals surface area contributed by atoms with Crippen molar-refractivity contribution in [3.63, 3.8) is 0 Å². The van der Waals surface area contributed by atoms with Gasteiger partial charge in [0.2, 0.25) is 0 Å². The molecule has 0 aromatic heterocycles. The second-order valence-electron chi connectivity index (χ2n) is 4.25. The van der Waals surface area contributed by atoms with Crippen LogP contribution in [0.15, 0.2) is 29.3 Å². The van der Waals surface area contributed by atoms with E-state index >= 15 is 0 Å². The maximum absolute atomic E-state index is 11.9. The number of amides is 1. The van der Waals surface area contributed by atoms with Crippen LogP contribution in [0.2, 0.25) is 5.02 Å². The van der Waals surface area contributed by atoms with Crippen LogP contribution in [0.4, 0.5) is 5.69 Å². The number of aryl methyl sites for hydroxylation is 1. The molecule has 0 bridgehead atoms. The van der Waals surface area contributed by atoms with Crippen LogP contribution in [-0.2, 0) is 4.79 Å². The summed E-state index contributed by atoms with van der Waals surface area (Å²) in [6.45, 7) is 5.41. The Hall–Kier alpha value is -1.32. The third-order valence-electron chi connectivity index (χ3n) is 2.98. The fourth-order valence-corrected chi connectivity index (χ4v) is 1.75. The molecule has 0 spiro atoms. The van der Waals surface area contributed by atoms with Crippen LogP contribution in [0.1, 0.15) is 12.5 Å². The minimum absolute atomic E-state index is 0.0542. The predicted octanol–water partition coefficient (Wildman–Crippen LogP) is 2.51. The van der Waals surface area contributed by atoms with Gasteiger partial charge in [0.15, 0.2) is 0 Å². The molecule has 1 heterocycles. The number of carbonyl (C=O) groups is 1. The molecule has 2 N–H and O–H groups in total. The fourth-order valence-electron chi connectivity index (χ4n) is 1.57. The Kier molecular flexibility index (Phi) is 3.50. The smallest absolute Gasteiger partial charge is 0.251 e. The topological polar surface area (TPSA) is 41.1 Å². The Balaban J connectivity index is 2.10. The molecule has 0 saturated carbocycles. The molecule has 4 heteroatoms. The Bertz CT molecular complexity index is 488. The van der Waals surface area contributed by atoms with Crippen molar-refractivity contribution in [3.05, 3.63) is 39.9 Å². The fraction of sp³-hybridized carbons (Fsp3) is 0.308. The van der Waals surface area contributed by atoms with Crippen molar-refractivity contribution in [2.45, 2.75) is 13.8 Å². The second-order valence-corrected chi connectivity index (χ2v) is 4.66. The lowest BCUT2D eigenvalue weighted by molar-refractivity contribution is -0.112. The van der Waals surface area contributed by atoms with Crippen molar-refractivity contribution in [3.8, 4) is 0 Å². The summed E-state index contributed by atoms with van der Waals surface area (Å²) in [5, 5.41) is 6.63. The summed E-state index contributed by atoms with van der Waals surface area (Å²) in [4.78, 5) is 11.9. The number of hydrogen-bond donors (Lipinski definition) is 2. The second kappa shape index (κ2) is 4.90. The van der Waals surface area contributed by atoms with Crippen LogP contribution in [0.5, 0.6) is 0 Å². The molecular formula is C13H15ClN2O. The third kappa shape index (κ3) is 2.68. The lowest BCUT2D eigenvalue weighted by Crippen LogP contribution is -2.36. The number of hydrogen-bond acceptors (Lipinski definition) is 2. The van der Waals surface area contributed by atoms with Crippen LogP contribution < -0.4 is 10.6 Å². The molecular weight excluding hydrogens is 236 g/mol. The standard InChI is InChI=1S/C13H15ClN2O/c1-8-3-4-11(5-12(8)14)16-13(17)9(2)10-6-15-7-10/h3-5,15H,6-7H2,1-2H3,(H,16,17). The highest BCUT2D eigenvalue weighted by atomic mass is 35.5. The first-order valence-electron chi connectivity index (χ1n) is 5.55. The van der Waals surface area contributed by atoms with Crippen molar-refractivity contribution < 1.29 is 4.79 Å². The van der Waals surface area contributed by atoms with Gasteiger partial charge in [0.05, 0.1) is 0 Å². The van der Waals surface area contributed by atoms with Gasteiger partial charge in [-0.1, -0.05) is 17.7 Å². The molecule has 3 nitrogen and oxygen atoms in total. The number of carbonyl (C=O) groups excluding carboxylic acids is 1. The van der Waals surface area contributed by atoms with Crippen molar-refractivity contribution >= 4 is 23.2 Å². The molecule has 1 aromatic rings. The number of rotatable bonds is 2. The van der Waals surface area contributed by atoms with Gasteiger partial charge in [0.1, 0.15) is 0 Å². The average molecular weight is 251 g/mol. The number of halogens is 1. The molecule has 1 saturated heterocycles. The van der Waals surface area contributed by atoms with E-state index in [1.165, 1.54) is 5.57 Å². The van der Waals surface area contributed by atoms with E-state index in [0.29, 0.717) is 5.02 Å². The zero-order valence-electron chi connectivity index (χ0n) is 9.93. The number of benzene rings is 1. The number of anilines is 1. The van der Waals surface area contributed by atoms with Crippen LogP contribution in [0, 0.1) is 6.92 Å². The van der Waals surface area contributed by atoms with Crippen molar-refractivity contribution in [2.24, 2.45) is 0 Å². The van der Waals surface area contributed by atoms with Gasteiger partial charge in [-0.2, -0.15) is 0 Å². The summed E-state index contributed by atoms with van der Waals surface area (Å²) in [7, 11) is 0. The minimum Gasteiger partial charge on any atom is -0.322 e. The Morgan fingerprint density at radius 1 is 1.41 bits per heavy atom. The van der Waals surface area contributed by atoms with Gasteiger partial charge in [-0.15, -0.1) is 0 Å². The highest BCUT2D eigenvalue weighted by molar-refractivity contribution is 6.31. The molecule has 1 fully saturated rings. The Labute approximate surface area is 106 Å². The van der Waals surface area contributed by atoms with E-state index in [1.807, 2.05) is 26.0 Å². The van der Waals surface area contributed by atoms with Crippen molar-refractivity contribution in [2.75, 3.05) is 18.4 Å². The molecule has 1 aliphatic heterocycles. The van der Waals surface area contributed by atoms with Gasteiger partial charge >= 0.3 is 0 Å². The third-order valence-corrected chi connectivity index (χ3v) is 3.38. The molecule has 0 radical (unpaired) electrons. The quantitative estimate of drug-likeness (QED) is 0.792. The summed E-state index contributed by atoms with van der Waals surface area (Å²) in [5.41, 5.74) is 3.70. The zero-order valence-corrected chi connectivity index (χ0v) is 10.7. The molecule has 2 rings (SSSR count). The molecule has 0 atom stereocenters. The van der Waals surface area contributed by atoms with Crippen LogP contribution in [0.3, 0.4) is 0 Å². The highest BCUT2D eigenvalue weighted by Gasteiger charge is 2.16. The maximum atomic E-state index is 11.9. The van der Waals surface area contributed by atoms with Crippen molar-refractivity contribution in [1.29, 1.82) is 0 Å². The van der Waals surface area contributed by atoms with Gasteiger partial charge in [0, 0.05) is 29.4 Å². The molecule has 90 valence electrons. The average Bonchev–Trinajstić information content (AvgIpc) is 2.21. The molecule has 0 aliphatic carbocycles. The summed E-state index contributed by atoms with van der Waals surface area (Å²) >= 11 is 6.00. The SMILES string of the molecule is CC(C(=O)Nc1ccc(C)c(Cl)c1)=C1CNC1. The van der Waals surface area contributed by atoms with Gasteiger partial charge < -0.3 is 10.6 Å². The maximum Gasteiger partial charge on any atom is 0.251 e. The summed E-state index contributed by atoms with van der Waals surface area (Å²) in [5.74, 6) is -0.0542. The minimum atomic E-state index is -0.0542. The van der Waals surface area contributed by atoms with E-state index in [4.69, 9.17) is 11.6 Å². The highest BCUT2D eigenvalue weighted by Crippen LogP contribution is 2.20. The van der Waals surface area contributed by atoms with E-state index < -0.39 is 0 Å². The molecule has 1 aliphatic rings. The summed E-state index contributed by atoms with van der Waals surface area (Å²) < 4.78 is 0. The van der Waals surface area contributed by atoms with E-state index in [2.05, 4.69) is 10.6 Å². The van der Waals surface area contributed by atoms with E-state index in [0.717, 1.165) is 29.9 Å². The van der Waals surface area contributed by atoms with E-state index in [9.17, 15) is 4.79 Å². The van der Waals surface area contributed by atoms with Crippen LogP contribution in [-0.4, -0.2) is 19.0 Å². The van der Waals surface area contributed by atoms with Crippen LogP contribution >= 0.6 is 11.6 Å². The van der Waals surface area contributed by atoms with Gasteiger partial charge in [-0.05, 0) is 37.1 Å². The first-order chi connectivity index (χ1) is 8.08. The Morgan fingerprint density at radius 2 is 2.12 bits per heavy atom. The monoisotopic (exact) mass is 250 g/mol. The Morgan fingerprint density at radius 3 is 2.65 bits per heavy atom. The normalized spacial score (nSPS) is 14.2. The largest absolute Gasteiger partial charge is 0.322 e. The summed E-state index contributed by atoms with van der Waals surface area (Å²) in [6, 6.07) is 5.52.